The van der Waals surface area contributed by atoms with Crippen molar-refractivity contribution < 1.29 is 9.53 Å². The van der Waals surface area contributed by atoms with E-state index in [1.165, 1.54) is 11.1 Å². The van der Waals surface area contributed by atoms with Gasteiger partial charge >= 0.3 is 0 Å². The summed E-state index contributed by atoms with van der Waals surface area (Å²) in [7, 11) is 0. The minimum Gasteiger partial charge on any atom is -0.460 e. The number of aryl methyl sites for hydroxylation is 1. The number of nitrogens with one attached hydrogen (secondary N) is 1. The highest BCUT2D eigenvalue weighted by Crippen LogP contribution is 2.43. The highest BCUT2D eigenvalue weighted by Gasteiger charge is 2.32. The van der Waals surface area contributed by atoms with Crippen LogP contribution >= 0.6 is 15.9 Å². The van der Waals surface area contributed by atoms with E-state index < -0.39 is 0 Å². The molecule has 25 heavy (non-hydrogen) atoms. The number of hydrogen-bond donors (Lipinski definition) is 1. The van der Waals surface area contributed by atoms with Gasteiger partial charge in [-0.25, -0.2) is 0 Å². The minimum absolute atomic E-state index is 0.00195. The van der Waals surface area contributed by atoms with Gasteiger partial charge in [-0.3, -0.25) is 4.79 Å². The van der Waals surface area contributed by atoms with E-state index in [0.29, 0.717) is 5.76 Å². The zero-order valence-corrected chi connectivity index (χ0v) is 15.9. The Labute approximate surface area is 156 Å². The summed E-state index contributed by atoms with van der Waals surface area (Å²) in [6, 6.07) is 14.4. The Morgan fingerprint density at radius 2 is 1.92 bits per heavy atom. The summed E-state index contributed by atoms with van der Waals surface area (Å²) in [5.74, 6) is 1.46. The van der Waals surface area contributed by atoms with E-state index in [1.807, 2.05) is 31.2 Å². The molecule has 0 bridgehead atoms. The van der Waals surface area contributed by atoms with Crippen LogP contribution in [0.1, 0.15) is 48.9 Å². The van der Waals surface area contributed by atoms with Crippen molar-refractivity contribution in [3.63, 3.8) is 0 Å². The van der Waals surface area contributed by atoms with Crippen molar-refractivity contribution in [1.82, 2.24) is 5.32 Å². The minimum atomic E-state index is -0.0303. The number of carbonyl (C=O) groups is 1. The molecule has 1 heterocycles. The molecular formula is C21H20BrNO2. The first-order valence-corrected chi connectivity index (χ1v) is 9.41. The molecule has 128 valence electrons. The summed E-state index contributed by atoms with van der Waals surface area (Å²) in [6.07, 6.45) is 1.97. The topological polar surface area (TPSA) is 38.3 Å². The van der Waals surface area contributed by atoms with Gasteiger partial charge in [-0.2, -0.15) is 0 Å². The summed E-state index contributed by atoms with van der Waals surface area (Å²) in [4.78, 5) is 13.0. The summed E-state index contributed by atoms with van der Waals surface area (Å²) in [5, 5.41) is 3.22. The highest BCUT2D eigenvalue weighted by molar-refractivity contribution is 9.10. The average Bonchev–Trinajstić information content (AvgIpc) is 2.99. The van der Waals surface area contributed by atoms with Crippen LogP contribution in [0.4, 0.5) is 0 Å². The standard InChI is InChI=1S/C21H20BrNO2/c1-12-15-8-5-9-17(22)20(15)25-13(2)19(12)21(24)23-18-11-10-14-6-3-4-7-16(14)18/h3-9,12,18H,10-11H2,1-2H3,(H,23,24). The maximum Gasteiger partial charge on any atom is 0.251 e. The van der Waals surface area contributed by atoms with Gasteiger partial charge < -0.3 is 10.1 Å². The van der Waals surface area contributed by atoms with Crippen molar-refractivity contribution in [1.29, 1.82) is 0 Å². The summed E-state index contributed by atoms with van der Waals surface area (Å²) in [5.41, 5.74) is 4.33. The van der Waals surface area contributed by atoms with Crippen molar-refractivity contribution >= 4 is 21.8 Å². The van der Waals surface area contributed by atoms with Crippen molar-refractivity contribution in [2.45, 2.75) is 38.6 Å². The van der Waals surface area contributed by atoms with E-state index >= 15 is 0 Å². The molecule has 0 saturated carbocycles. The third-order valence-electron chi connectivity index (χ3n) is 5.21. The van der Waals surface area contributed by atoms with E-state index in [2.05, 4.69) is 46.4 Å². The molecule has 1 aliphatic carbocycles. The van der Waals surface area contributed by atoms with Crippen LogP contribution in [0.5, 0.6) is 5.75 Å². The number of fused-ring (bicyclic) bond motifs is 2. The molecule has 2 atom stereocenters. The van der Waals surface area contributed by atoms with Crippen LogP contribution in [0.3, 0.4) is 0 Å². The zero-order valence-electron chi connectivity index (χ0n) is 14.3. The van der Waals surface area contributed by atoms with Crippen LogP contribution in [0.2, 0.25) is 0 Å². The number of allylic oxidation sites excluding steroid dienone is 1. The zero-order chi connectivity index (χ0) is 17.6. The second-order valence-corrected chi connectivity index (χ2v) is 7.57. The van der Waals surface area contributed by atoms with Gasteiger partial charge in [0.2, 0.25) is 0 Å². The molecule has 2 aromatic carbocycles. The number of rotatable bonds is 2. The first kappa shape index (κ1) is 16.4. The van der Waals surface area contributed by atoms with E-state index in [0.717, 1.165) is 34.2 Å². The number of hydrogen-bond acceptors (Lipinski definition) is 2. The largest absolute Gasteiger partial charge is 0.460 e. The Bertz CT molecular complexity index is 887. The molecule has 1 aliphatic heterocycles. The molecule has 0 aromatic heterocycles. The monoisotopic (exact) mass is 397 g/mol. The number of benzene rings is 2. The smallest absolute Gasteiger partial charge is 0.251 e. The lowest BCUT2D eigenvalue weighted by Gasteiger charge is -2.28. The lowest BCUT2D eigenvalue weighted by molar-refractivity contribution is -0.118. The van der Waals surface area contributed by atoms with Crippen LogP contribution in [0.15, 0.2) is 58.3 Å². The van der Waals surface area contributed by atoms with Crippen molar-refractivity contribution in [2.24, 2.45) is 0 Å². The molecule has 0 fully saturated rings. The van der Waals surface area contributed by atoms with Crippen LogP contribution in [-0.2, 0) is 11.2 Å². The molecule has 2 unspecified atom stereocenters. The second-order valence-electron chi connectivity index (χ2n) is 6.72. The van der Waals surface area contributed by atoms with Crippen molar-refractivity contribution in [3.05, 3.63) is 75.0 Å². The van der Waals surface area contributed by atoms with E-state index in [4.69, 9.17) is 4.74 Å². The molecule has 1 N–H and O–H groups in total. The lowest BCUT2D eigenvalue weighted by Crippen LogP contribution is -2.32. The predicted molar refractivity (Wildman–Crippen MR) is 102 cm³/mol. The van der Waals surface area contributed by atoms with Gasteiger partial charge in [0.05, 0.1) is 16.1 Å². The van der Waals surface area contributed by atoms with Crippen molar-refractivity contribution in [2.75, 3.05) is 0 Å². The molecule has 4 heteroatoms. The van der Waals surface area contributed by atoms with Crippen molar-refractivity contribution in [3.8, 4) is 5.75 Å². The molecule has 4 rings (SSSR count). The number of ether oxygens (including phenoxy) is 1. The maximum atomic E-state index is 13.0. The fourth-order valence-electron chi connectivity index (χ4n) is 3.94. The summed E-state index contributed by atoms with van der Waals surface area (Å²) in [6.45, 7) is 3.94. The van der Waals surface area contributed by atoms with Gasteiger partial charge in [-0.15, -0.1) is 0 Å². The number of halogens is 1. The van der Waals surface area contributed by atoms with E-state index in [9.17, 15) is 4.79 Å². The van der Waals surface area contributed by atoms with Gasteiger partial charge in [0.15, 0.2) is 0 Å². The molecule has 0 radical (unpaired) electrons. The Morgan fingerprint density at radius 1 is 1.16 bits per heavy atom. The fraction of sp³-hybridized carbons (Fsp3) is 0.286. The summed E-state index contributed by atoms with van der Waals surface area (Å²) >= 11 is 3.53. The lowest BCUT2D eigenvalue weighted by atomic mass is 9.88. The summed E-state index contributed by atoms with van der Waals surface area (Å²) < 4.78 is 6.89. The molecule has 2 aromatic rings. The molecule has 0 spiro atoms. The van der Waals surface area contributed by atoms with Gasteiger partial charge in [-0.05, 0) is 52.9 Å². The molecule has 0 saturated heterocycles. The Morgan fingerprint density at radius 3 is 2.76 bits per heavy atom. The van der Waals surface area contributed by atoms with Crippen LogP contribution in [0, 0.1) is 0 Å². The molecule has 2 aliphatic rings. The average molecular weight is 398 g/mol. The highest BCUT2D eigenvalue weighted by atomic mass is 79.9. The van der Waals surface area contributed by atoms with Gasteiger partial charge in [0.25, 0.3) is 5.91 Å². The number of carbonyl (C=O) groups excluding carboxylic acids is 1. The number of amides is 1. The SMILES string of the molecule is CC1=C(C(=O)NC2CCc3ccccc32)C(C)c2cccc(Br)c2O1. The van der Waals surface area contributed by atoms with Crippen LogP contribution < -0.4 is 10.1 Å². The molecule has 3 nitrogen and oxygen atoms in total. The molecule has 1 amide bonds. The Hall–Kier alpha value is -2.07. The third kappa shape index (κ3) is 2.78. The van der Waals surface area contributed by atoms with E-state index in [-0.39, 0.29) is 17.9 Å². The number of para-hydroxylation sites is 1. The van der Waals surface area contributed by atoms with Crippen LogP contribution in [-0.4, -0.2) is 5.91 Å². The first-order valence-electron chi connectivity index (χ1n) is 8.62. The fourth-order valence-corrected chi connectivity index (χ4v) is 4.40. The molecular weight excluding hydrogens is 378 g/mol. The van der Waals surface area contributed by atoms with Crippen LogP contribution in [0.25, 0.3) is 0 Å². The third-order valence-corrected chi connectivity index (χ3v) is 5.84. The van der Waals surface area contributed by atoms with Gasteiger partial charge in [0, 0.05) is 11.5 Å². The maximum absolute atomic E-state index is 13.0. The Balaban J connectivity index is 1.61. The Kier molecular flexibility index (Phi) is 4.16. The second kappa shape index (κ2) is 6.34. The normalized spacial score (nSPS) is 21.4. The first-order chi connectivity index (χ1) is 12.1. The predicted octanol–water partition coefficient (Wildman–Crippen LogP) is 5.02. The van der Waals surface area contributed by atoms with Gasteiger partial charge in [-0.1, -0.05) is 43.3 Å². The van der Waals surface area contributed by atoms with E-state index in [1.54, 1.807) is 0 Å². The quantitative estimate of drug-likeness (QED) is 0.771. The van der Waals surface area contributed by atoms with Gasteiger partial charge in [0.1, 0.15) is 11.5 Å².